The average Bonchev–Trinajstić information content (AvgIpc) is 3.32. The Labute approximate surface area is 182 Å². The summed E-state index contributed by atoms with van der Waals surface area (Å²) in [5, 5.41) is 21.0. The topological polar surface area (TPSA) is 103 Å². The summed E-state index contributed by atoms with van der Waals surface area (Å²) in [6, 6.07) is 15.6. The molecule has 0 saturated carbocycles. The third-order valence-corrected chi connectivity index (χ3v) is 5.76. The van der Waals surface area contributed by atoms with E-state index >= 15 is 0 Å². The number of nitrogens with zero attached hydrogens (tertiary/aromatic N) is 5. The minimum atomic E-state index is -1.21. The third kappa shape index (κ3) is 3.09. The standard InChI is InChI=1S/C23H18FN5O3/c1-23(2,22(30)31)19-15-4-3-5-17(24)20(15)32-21-16(19)10-11-18(26-21)13-6-8-14(9-7-13)29-12-25-27-28-29/h3-12,19H,1-2H3,(H,30,31). The molecule has 9 heteroatoms. The SMILES string of the molecule is CC(C)(C(=O)O)C1c2ccc(-c3ccc(-n4cnnn4)cc3)nc2Oc2c(F)cccc21. The first-order chi connectivity index (χ1) is 15.4. The van der Waals surface area contributed by atoms with Crippen LogP contribution in [0.1, 0.15) is 30.9 Å². The number of aromatic nitrogens is 5. The smallest absolute Gasteiger partial charge is 0.310 e. The number of pyridine rings is 1. The predicted molar refractivity (Wildman–Crippen MR) is 112 cm³/mol. The fraction of sp³-hybridized carbons (Fsp3) is 0.174. The summed E-state index contributed by atoms with van der Waals surface area (Å²) >= 11 is 0. The monoisotopic (exact) mass is 431 g/mol. The molecular weight excluding hydrogens is 413 g/mol. The number of fused-ring (bicyclic) bond motifs is 2. The van der Waals surface area contributed by atoms with Gasteiger partial charge in [-0.25, -0.2) is 14.1 Å². The van der Waals surface area contributed by atoms with E-state index in [0.717, 1.165) is 11.3 Å². The Bertz CT molecular complexity index is 1320. The second-order valence-electron chi connectivity index (χ2n) is 8.11. The number of carboxylic acids is 1. The minimum absolute atomic E-state index is 0.0120. The second kappa shape index (κ2) is 7.23. The Balaban J connectivity index is 1.59. The molecule has 3 heterocycles. The van der Waals surface area contributed by atoms with Gasteiger partial charge in [-0.3, -0.25) is 4.79 Å². The first-order valence-electron chi connectivity index (χ1n) is 9.90. The lowest BCUT2D eigenvalue weighted by Gasteiger charge is -2.36. The van der Waals surface area contributed by atoms with Crippen LogP contribution in [0.5, 0.6) is 11.6 Å². The van der Waals surface area contributed by atoms with Gasteiger partial charge in [-0.2, -0.15) is 0 Å². The number of benzene rings is 2. The molecule has 1 N–H and O–H groups in total. The van der Waals surface area contributed by atoms with Crippen LogP contribution in [-0.2, 0) is 4.79 Å². The van der Waals surface area contributed by atoms with E-state index in [9.17, 15) is 14.3 Å². The molecule has 1 aliphatic rings. The van der Waals surface area contributed by atoms with Gasteiger partial charge in [0.05, 0.1) is 16.8 Å². The summed E-state index contributed by atoms with van der Waals surface area (Å²) in [5.41, 5.74) is 2.08. The van der Waals surface area contributed by atoms with Crippen molar-refractivity contribution in [3.8, 4) is 28.6 Å². The molecular formula is C23H18FN5O3. The first-order valence-corrected chi connectivity index (χ1v) is 9.90. The summed E-state index contributed by atoms with van der Waals surface area (Å²) < 4.78 is 22.0. The van der Waals surface area contributed by atoms with Crippen molar-refractivity contribution in [1.82, 2.24) is 25.2 Å². The largest absolute Gasteiger partial charge is 0.481 e. The number of para-hydroxylation sites is 1. The van der Waals surface area contributed by atoms with Crippen molar-refractivity contribution in [3.63, 3.8) is 0 Å². The molecule has 0 aliphatic carbocycles. The van der Waals surface area contributed by atoms with Gasteiger partial charge in [0.25, 0.3) is 0 Å². The molecule has 0 saturated heterocycles. The van der Waals surface area contributed by atoms with Crippen molar-refractivity contribution < 1.29 is 19.0 Å². The number of halogens is 1. The van der Waals surface area contributed by atoms with Gasteiger partial charge in [-0.15, -0.1) is 5.10 Å². The third-order valence-electron chi connectivity index (χ3n) is 5.76. The van der Waals surface area contributed by atoms with E-state index in [1.54, 1.807) is 32.0 Å². The number of hydrogen-bond donors (Lipinski definition) is 1. The molecule has 8 nitrogen and oxygen atoms in total. The molecule has 2 aromatic carbocycles. The van der Waals surface area contributed by atoms with Crippen LogP contribution in [0.25, 0.3) is 16.9 Å². The van der Waals surface area contributed by atoms with Gasteiger partial charge in [0.2, 0.25) is 5.88 Å². The van der Waals surface area contributed by atoms with E-state index in [1.807, 2.05) is 30.3 Å². The van der Waals surface area contributed by atoms with E-state index in [-0.39, 0.29) is 11.6 Å². The summed E-state index contributed by atoms with van der Waals surface area (Å²) in [4.78, 5) is 16.7. The maximum Gasteiger partial charge on any atom is 0.310 e. The lowest BCUT2D eigenvalue weighted by Crippen LogP contribution is -2.34. The number of ether oxygens (including phenoxy) is 1. The number of rotatable bonds is 4. The molecule has 4 aromatic rings. The van der Waals surface area contributed by atoms with Crippen LogP contribution in [0.2, 0.25) is 0 Å². The molecule has 0 radical (unpaired) electrons. The summed E-state index contributed by atoms with van der Waals surface area (Å²) in [7, 11) is 0. The number of tetrazole rings is 1. The molecule has 1 unspecified atom stereocenters. The van der Waals surface area contributed by atoms with Gasteiger partial charge in [-0.05, 0) is 48.5 Å². The zero-order valence-corrected chi connectivity index (χ0v) is 17.2. The maximum absolute atomic E-state index is 14.6. The van der Waals surface area contributed by atoms with Gasteiger partial charge in [0.15, 0.2) is 11.6 Å². The summed E-state index contributed by atoms with van der Waals surface area (Å²) in [5.74, 6) is -1.97. The predicted octanol–water partition coefficient (Wildman–Crippen LogP) is 4.21. The van der Waals surface area contributed by atoms with E-state index in [1.165, 1.54) is 17.1 Å². The van der Waals surface area contributed by atoms with Gasteiger partial charge in [-0.1, -0.05) is 30.3 Å². The fourth-order valence-electron chi connectivity index (χ4n) is 4.00. The van der Waals surface area contributed by atoms with E-state index < -0.39 is 23.1 Å². The molecule has 0 bridgehead atoms. The van der Waals surface area contributed by atoms with Crippen LogP contribution in [0.4, 0.5) is 4.39 Å². The highest BCUT2D eigenvalue weighted by Gasteiger charge is 2.44. The van der Waals surface area contributed by atoms with E-state index in [0.29, 0.717) is 16.8 Å². The molecule has 0 fully saturated rings. The second-order valence-corrected chi connectivity index (χ2v) is 8.11. The molecule has 2 aromatic heterocycles. The van der Waals surface area contributed by atoms with Crippen molar-refractivity contribution in [2.45, 2.75) is 19.8 Å². The zero-order valence-electron chi connectivity index (χ0n) is 17.2. The van der Waals surface area contributed by atoms with Crippen LogP contribution < -0.4 is 4.74 Å². The fourth-order valence-corrected chi connectivity index (χ4v) is 4.00. The quantitative estimate of drug-likeness (QED) is 0.516. The van der Waals surface area contributed by atoms with Crippen LogP contribution >= 0.6 is 0 Å². The normalized spacial score (nSPS) is 14.9. The number of carboxylic acid groups (broad SMARTS) is 1. The van der Waals surface area contributed by atoms with Crippen molar-refractivity contribution in [1.29, 1.82) is 0 Å². The Kier molecular flexibility index (Phi) is 4.47. The van der Waals surface area contributed by atoms with Crippen LogP contribution in [0.15, 0.2) is 60.9 Å². The first kappa shape index (κ1) is 19.8. The van der Waals surface area contributed by atoms with Crippen LogP contribution in [0.3, 0.4) is 0 Å². The van der Waals surface area contributed by atoms with E-state index in [4.69, 9.17) is 4.74 Å². The molecule has 32 heavy (non-hydrogen) atoms. The van der Waals surface area contributed by atoms with Crippen LogP contribution in [0, 0.1) is 11.2 Å². The van der Waals surface area contributed by atoms with Crippen molar-refractivity contribution in [2.75, 3.05) is 0 Å². The highest BCUT2D eigenvalue weighted by Crippen LogP contribution is 2.52. The maximum atomic E-state index is 14.6. The molecule has 5 rings (SSSR count). The number of hydrogen-bond acceptors (Lipinski definition) is 6. The van der Waals surface area contributed by atoms with Crippen LogP contribution in [-0.4, -0.2) is 36.3 Å². The Hall–Kier alpha value is -4.14. The molecule has 1 aliphatic heterocycles. The van der Waals surface area contributed by atoms with Crippen molar-refractivity contribution in [2.24, 2.45) is 5.41 Å². The van der Waals surface area contributed by atoms with Gasteiger partial charge >= 0.3 is 5.97 Å². The molecule has 160 valence electrons. The average molecular weight is 431 g/mol. The van der Waals surface area contributed by atoms with Gasteiger partial charge in [0, 0.05) is 22.6 Å². The highest BCUT2D eigenvalue weighted by molar-refractivity contribution is 5.77. The zero-order chi connectivity index (χ0) is 22.5. The highest BCUT2D eigenvalue weighted by atomic mass is 19.1. The number of carbonyl (C=O) groups is 1. The Morgan fingerprint density at radius 1 is 1.09 bits per heavy atom. The van der Waals surface area contributed by atoms with Crippen molar-refractivity contribution in [3.05, 3.63) is 77.9 Å². The lowest BCUT2D eigenvalue weighted by atomic mass is 9.70. The summed E-state index contributed by atoms with van der Waals surface area (Å²) in [6.07, 6.45) is 1.50. The molecule has 0 spiro atoms. The molecule has 1 atom stereocenters. The molecule has 0 amide bonds. The minimum Gasteiger partial charge on any atom is -0.481 e. The van der Waals surface area contributed by atoms with Gasteiger partial charge < -0.3 is 9.84 Å². The van der Waals surface area contributed by atoms with Crippen molar-refractivity contribution >= 4 is 5.97 Å². The van der Waals surface area contributed by atoms with E-state index in [2.05, 4.69) is 20.5 Å². The lowest BCUT2D eigenvalue weighted by molar-refractivity contribution is -0.147. The van der Waals surface area contributed by atoms with Gasteiger partial charge in [0.1, 0.15) is 6.33 Å². The Morgan fingerprint density at radius 2 is 1.88 bits per heavy atom. The number of aliphatic carboxylic acids is 1. The Morgan fingerprint density at radius 3 is 2.56 bits per heavy atom. The summed E-state index contributed by atoms with van der Waals surface area (Å²) in [6.45, 7) is 3.24.